The van der Waals surface area contributed by atoms with E-state index < -0.39 is 0 Å². The summed E-state index contributed by atoms with van der Waals surface area (Å²) in [5.74, 6) is 0.625. The second kappa shape index (κ2) is 4.38. The predicted octanol–water partition coefficient (Wildman–Crippen LogP) is 3.83. The van der Waals surface area contributed by atoms with Gasteiger partial charge in [0, 0.05) is 0 Å². The fourth-order valence-electron chi connectivity index (χ4n) is 3.78. The molecule has 0 radical (unpaired) electrons. The number of fused-ring (bicyclic) bond motifs is 1. The van der Waals surface area contributed by atoms with Gasteiger partial charge in [-0.15, -0.1) is 0 Å². The van der Waals surface area contributed by atoms with Crippen molar-refractivity contribution in [1.82, 2.24) is 0 Å². The van der Waals surface area contributed by atoms with Crippen LogP contribution in [0.4, 0.5) is 0 Å². The highest BCUT2D eigenvalue weighted by Gasteiger charge is 2.39. The van der Waals surface area contributed by atoms with Crippen molar-refractivity contribution in [1.29, 1.82) is 0 Å². The lowest BCUT2D eigenvalue weighted by Gasteiger charge is -2.35. The van der Waals surface area contributed by atoms with Crippen molar-refractivity contribution < 1.29 is 5.11 Å². The van der Waals surface area contributed by atoms with E-state index in [4.69, 9.17) is 0 Å². The highest BCUT2D eigenvalue weighted by Crippen LogP contribution is 2.47. The molecule has 0 aromatic heterocycles. The molecule has 0 saturated heterocycles. The zero-order valence-corrected chi connectivity index (χ0v) is 11.6. The quantitative estimate of drug-likeness (QED) is 0.796. The van der Waals surface area contributed by atoms with Crippen LogP contribution in [0.5, 0.6) is 0 Å². The third-order valence-electron chi connectivity index (χ3n) is 5.04. The highest BCUT2D eigenvalue weighted by molar-refractivity contribution is 5.39. The Morgan fingerprint density at radius 3 is 2.44 bits per heavy atom. The Morgan fingerprint density at radius 2 is 1.78 bits per heavy atom. The molecule has 0 aliphatic heterocycles. The summed E-state index contributed by atoms with van der Waals surface area (Å²) in [4.78, 5) is 0. The van der Waals surface area contributed by atoms with Crippen LogP contribution in [-0.2, 0) is 12.8 Å². The fourth-order valence-corrected chi connectivity index (χ4v) is 3.78. The maximum Gasteiger partial charge on any atom is 0.0540 e. The topological polar surface area (TPSA) is 20.2 Å². The Balaban J connectivity index is 1.82. The molecule has 0 atom stereocenters. The van der Waals surface area contributed by atoms with Gasteiger partial charge in [-0.25, -0.2) is 0 Å². The van der Waals surface area contributed by atoms with Gasteiger partial charge in [0.15, 0.2) is 0 Å². The lowest BCUT2D eigenvalue weighted by Crippen LogP contribution is -2.30. The molecule has 1 nitrogen and oxygen atoms in total. The molecule has 18 heavy (non-hydrogen) atoms. The van der Waals surface area contributed by atoms with Crippen molar-refractivity contribution in [3.05, 3.63) is 34.9 Å². The van der Waals surface area contributed by atoms with Crippen molar-refractivity contribution in [2.24, 2.45) is 5.41 Å². The van der Waals surface area contributed by atoms with E-state index in [2.05, 4.69) is 32.0 Å². The molecule has 1 aromatic rings. The van der Waals surface area contributed by atoms with Crippen LogP contribution in [0.3, 0.4) is 0 Å². The first kappa shape index (κ1) is 12.2. The first-order valence-electron chi connectivity index (χ1n) is 7.38. The SMILES string of the molecule is CC(C)c1ccc2c(c1)CC1(CCC(O)CC1)C2. The third-order valence-corrected chi connectivity index (χ3v) is 5.04. The number of hydrogen-bond acceptors (Lipinski definition) is 1. The zero-order chi connectivity index (χ0) is 12.8. The number of aliphatic hydroxyl groups excluding tert-OH is 1. The predicted molar refractivity (Wildman–Crippen MR) is 74.8 cm³/mol. The summed E-state index contributed by atoms with van der Waals surface area (Å²) >= 11 is 0. The number of rotatable bonds is 1. The van der Waals surface area contributed by atoms with E-state index in [9.17, 15) is 5.11 Å². The van der Waals surface area contributed by atoms with E-state index in [0.717, 1.165) is 12.8 Å². The van der Waals surface area contributed by atoms with Gasteiger partial charge < -0.3 is 5.11 Å². The lowest BCUT2D eigenvalue weighted by molar-refractivity contribution is 0.0675. The van der Waals surface area contributed by atoms with Crippen molar-refractivity contribution >= 4 is 0 Å². The first-order valence-corrected chi connectivity index (χ1v) is 7.38. The van der Waals surface area contributed by atoms with Crippen LogP contribution in [0, 0.1) is 5.41 Å². The Kier molecular flexibility index (Phi) is 2.97. The van der Waals surface area contributed by atoms with Crippen LogP contribution in [0.15, 0.2) is 18.2 Å². The van der Waals surface area contributed by atoms with Crippen molar-refractivity contribution in [2.75, 3.05) is 0 Å². The molecule has 2 aliphatic carbocycles. The number of benzene rings is 1. The Hall–Kier alpha value is -0.820. The van der Waals surface area contributed by atoms with Crippen LogP contribution in [0.25, 0.3) is 0 Å². The molecule has 0 heterocycles. The molecule has 1 N–H and O–H groups in total. The van der Waals surface area contributed by atoms with Gasteiger partial charge in [0.05, 0.1) is 6.10 Å². The summed E-state index contributed by atoms with van der Waals surface area (Å²) < 4.78 is 0. The minimum Gasteiger partial charge on any atom is -0.393 e. The van der Waals surface area contributed by atoms with E-state index in [1.165, 1.54) is 31.2 Å². The van der Waals surface area contributed by atoms with Gasteiger partial charge in [-0.2, -0.15) is 0 Å². The van der Waals surface area contributed by atoms with Gasteiger partial charge in [0.2, 0.25) is 0 Å². The normalized spacial score (nSPS) is 31.0. The minimum absolute atomic E-state index is 0.0365. The van der Waals surface area contributed by atoms with Crippen LogP contribution in [-0.4, -0.2) is 11.2 Å². The largest absolute Gasteiger partial charge is 0.393 e. The van der Waals surface area contributed by atoms with E-state index in [1.807, 2.05) is 0 Å². The first-order chi connectivity index (χ1) is 8.58. The Bertz CT molecular complexity index is 439. The fraction of sp³-hybridized carbons (Fsp3) is 0.647. The van der Waals surface area contributed by atoms with E-state index in [-0.39, 0.29) is 6.10 Å². The molecule has 0 unspecified atom stereocenters. The molecule has 3 rings (SSSR count). The molecular formula is C17H24O. The van der Waals surface area contributed by atoms with Gasteiger partial charge in [-0.05, 0) is 66.5 Å². The molecule has 1 heteroatoms. The summed E-state index contributed by atoms with van der Waals surface area (Å²) in [6.07, 6.45) is 6.88. The zero-order valence-electron chi connectivity index (χ0n) is 11.6. The summed E-state index contributed by atoms with van der Waals surface area (Å²) in [7, 11) is 0. The van der Waals surface area contributed by atoms with Crippen LogP contribution in [0.1, 0.15) is 62.1 Å². The minimum atomic E-state index is -0.0365. The van der Waals surface area contributed by atoms with Gasteiger partial charge in [-0.3, -0.25) is 0 Å². The molecule has 2 aliphatic rings. The molecule has 0 bridgehead atoms. The molecule has 1 spiro atoms. The molecule has 98 valence electrons. The lowest BCUT2D eigenvalue weighted by atomic mass is 9.71. The second-order valence-electron chi connectivity index (χ2n) is 6.77. The second-order valence-corrected chi connectivity index (χ2v) is 6.77. The smallest absolute Gasteiger partial charge is 0.0540 e. The van der Waals surface area contributed by atoms with Crippen LogP contribution >= 0.6 is 0 Å². The van der Waals surface area contributed by atoms with Crippen LogP contribution < -0.4 is 0 Å². The Morgan fingerprint density at radius 1 is 1.11 bits per heavy atom. The summed E-state index contributed by atoms with van der Waals surface area (Å²) in [5.41, 5.74) is 5.10. The maximum absolute atomic E-state index is 9.69. The number of hydrogen-bond donors (Lipinski definition) is 1. The molecule has 1 saturated carbocycles. The summed E-state index contributed by atoms with van der Waals surface area (Å²) in [6, 6.07) is 7.09. The standard InChI is InChI=1S/C17H24O/c1-12(2)13-3-4-14-10-17(11-15(14)9-13)7-5-16(18)6-8-17/h3-4,9,12,16,18H,5-8,10-11H2,1-2H3. The molecular weight excluding hydrogens is 220 g/mol. The van der Waals surface area contributed by atoms with Gasteiger partial charge in [0.1, 0.15) is 0 Å². The Labute approximate surface area is 110 Å². The average molecular weight is 244 g/mol. The molecule has 0 amide bonds. The maximum atomic E-state index is 9.69. The van der Waals surface area contributed by atoms with Crippen molar-refractivity contribution in [2.45, 2.75) is 64.4 Å². The monoisotopic (exact) mass is 244 g/mol. The average Bonchev–Trinajstić information content (AvgIpc) is 2.70. The number of aliphatic hydroxyl groups is 1. The third kappa shape index (κ3) is 2.09. The molecule has 1 fully saturated rings. The van der Waals surface area contributed by atoms with Crippen molar-refractivity contribution in [3.8, 4) is 0 Å². The van der Waals surface area contributed by atoms with E-state index >= 15 is 0 Å². The van der Waals surface area contributed by atoms with Gasteiger partial charge in [-0.1, -0.05) is 32.0 Å². The van der Waals surface area contributed by atoms with E-state index in [0.29, 0.717) is 11.3 Å². The highest BCUT2D eigenvalue weighted by atomic mass is 16.3. The van der Waals surface area contributed by atoms with E-state index in [1.54, 1.807) is 11.1 Å². The van der Waals surface area contributed by atoms with Crippen LogP contribution in [0.2, 0.25) is 0 Å². The summed E-state index contributed by atoms with van der Waals surface area (Å²) in [5, 5.41) is 9.69. The molecule has 1 aromatic carbocycles. The van der Waals surface area contributed by atoms with Crippen molar-refractivity contribution in [3.63, 3.8) is 0 Å². The van der Waals surface area contributed by atoms with Gasteiger partial charge in [0.25, 0.3) is 0 Å². The van der Waals surface area contributed by atoms with Gasteiger partial charge >= 0.3 is 0 Å². The summed E-state index contributed by atoms with van der Waals surface area (Å²) in [6.45, 7) is 4.53.